The highest BCUT2D eigenvalue weighted by Crippen LogP contribution is 2.30. The average molecular weight is 366 g/mol. The molecule has 1 aromatic heterocycles. The number of nitrogens with zero attached hydrogens (tertiary/aromatic N) is 4. The van der Waals surface area contributed by atoms with Crippen LogP contribution in [0.3, 0.4) is 0 Å². The highest BCUT2D eigenvalue weighted by molar-refractivity contribution is 7.99. The monoisotopic (exact) mass is 366 g/mol. The second-order valence-electron chi connectivity index (χ2n) is 6.39. The minimum Gasteiger partial charge on any atom is -0.335 e. The molecular formula is C17H20F2N4OS. The summed E-state index contributed by atoms with van der Waals surface area (Å²) in [7, 11) is 0. The van der Waals surface area contributed by atoms with Gasteiger partial charge in [0, 0.05) is 30.3 Å². The molecule has 0 N–H and O–H groups in total. The first-order valence-corrected chi connectivity index (χ1v) is 9.20. The standard InChI is InChI=1S/C17H20F2N4OS/c1-11(2)23-10-20-21-17(23)25-9-16(24)22(14-5-6-14)8-12-3-4-13(18)7-15(12)19/h3-4,7,10-11,14H,5-6,8-9H2,1-2H3. The Hall–Kier alpha value is -1.96. The molecule has 0 bridgehead atoms. The van der Waals surface area contributed by atoms with E-state index < -0.39 is 11.6 Å². The molecule has 0 saturated heterocycles. The molecule has 25 heavy (non-hydrogen) atoms. The molecular weight excluding hydrogens is 346 g/mol. The van der Waals surface area contributed by atoms with Gasteiger partial charge in [-0.3, -0.25) is 4.79 Å². The van der Waals surface area contributed by atoms with Gasteiger partial charge in [-0.05, 0) is 32.8 Å². The lowest BCUT2D eigenvalue weighted by molar-refractivity contribution is -0.129. The van der Waals surface area contributed by atoms with Crippen LogP contribution in [0.15, 0.2) is 29.7 Å². The highest BCUT2D eigenvalue weighted by Gasteiger charge is 2.33. The third-order valence-corrected chi connectivity index (χ3v) is 5.03. The summed E-state index contributed by atoms with van der Waals surface area (Å²) in [4.78, 5) is 14.3. The Morgan fingerprint density at radius 1 is 1.40 bits per heavy atom. The van der Waals surface area contributed by atoms with E-state index in [2.05, 4.69) is 10.2 Å². The predicted octanol–water partition coefficient (Wildman–Crippen LogP) is 3.42. The average Bonchev–Trinajstić information content (AvgIpc) is 3.28. The van der Waals surface area contributed by atoms with Crippen LogP contribution in [-0.4, -0.2) is 37.4 Å². The summed E-state index contributed by atoms with van der Waals surface area (Å²) in [6.45, 7) is 4.19. The summed E-state index contributed by atoms with van der Waals surface area (Å²) >= 11 is 1.33. The number of benzene rings is 1. The van der Waals surface area contributed by atoms with Gasteiger partial charge < -0.3 is 9.47 Å². The molecule has 0 unspecified atom stereocenters. The summed E-state index contributed by atoms with van der Waals surface area (Å²) in [5.41, 5.74) is 0.331. The Morgan fingerprint density at radius 3 is 2.80 bits per heavy atom. The number of carbonyl (C=O) groups excluding carboxylic acids is 1. The Balaban J connectivity index is 1.66. The topological polar surface area (TPSA) is 51.0 Å². The van der Waals surface area contributed by atoms with Crippen LogP contribution in [0.25, 0.3) is 0 Å². The molecule has 1 aliphatic rings. The van der Waals surface area contributed by atoms with Crippen molar-refractivity contribution in [3.05, 3.63) is 41.7 Å². The van der Waals surface area contributed by atoms with Crippen LogP contribution in [0.5, 0.6) is 0 Å². The maximum atomic E-state index is 13.9. The first-order valence-electron chi connectivity index (χ1n) is 8.21. The van der Waals surface area contributed by atoms with Crippen LogP contribution in [0.4, 0.5) is 8.78 Å². The second kappa shape index (κ2) is 7.51. The molecule has 5 nitrogen and oxygen atoms in total. The predicted molar refractivity (Wildman–Crippen MR) is 91.1 cm³/mol. The smallest absolute Gasteiger partial charge is 0.233 e. The van der Waals surface area contributed by atoms with Crippen molar-refractivity contribution in [1.29, 1.82) is 0 Å². The molecule has 1 saturated carbocycles. The van der Waals surface area contributed by atoms with Crippen LogP contribution < -0.4 is 0 Å². The molecule has 1 aliphatic carbocycles. The van der Waals surface area contributed by atoms with E-state index in [0.717, 1.165) is 18.9 Å². The van der Waals surface area contributed by atoms with E-state index >= 15 is 0 Å². The Bertz CT molecular complexity index is 761. The van der Waals surface area contributed by atoms with Gasteiger partial charge in [-0.2, -0.15) is 0 Å². The van der Waals surface area contributed by atoms with Crippen molar-refractivity contribution in [2.75, 3.05) is 5.75 Å². The van der Waals surface area contributed by atoms with Gasteiger partial charge in [-0.25, -0.2) is 8.78 Å². The maximum absolute atomic E-state index is 13.9. The minimum absolute atomic E-state index is 0.0745. The fraction of sp³-hybridized carbons (Fsp3) is 0.471. The van der Waals surface area contributed by atoms with Crippen LogP contribution in [0, 0.1) is 11.6 Å². The number of thioether (sulfide) groups is 1. The molecule has 134 valence electrons. The van der Waals surface area contributed by atoms with Gasteiger partial charge in [-0.1, -0.05) is 17.8 Å². The molecule has 0 radical (unpaired) electrons. The van der Waals surface area contributed by atoms with Crippen molar-refractivity contribution in [3.8, 4) is 0 Å². The SMILES string of the molecule is CC(C)n1cnnc1SCC(=O)N(Cc1ccc(F)cc1F)C1CC1. The first kappa shape index (κ1) is 17.8. The van der Waals surface area contributed by atoms with Gasteiger partial charge in [0.1, 0.15) is 18.0 Å². The molecule has 1 heterocycles. The Morgan fingerprint density at radius 2 is 2.16 bits per heavy atom. The zero-order valence-corrected chi connectivity index (χ0v) is 15.0. The van der Waals surface area contributed by atoms with Crippen molar-refractivity contribution >= 4 is 17.7 Å². The Labute approximate surface area is 149 Å². The van der Waals surface area contributed by atoms with E-state index in [9.17, 15) is 13.6 Å². The van der Waals surface area contributed by atoms with Gasteiger partial charge >= 0.3 is 0 Å². The summed E-state index contributed by atoms with van der Waals surface area (Å²) < 4.78 is 28.9. The van der Waals surface area contributed by atoms with Crippen molar-refractivity contribution in [3.63, 3.8) is 0 Å². The van der Waals surface area contributed by atoms with E-state index in [0.29, 0.717) is 10.7 Å². The van der Waals surface area contributed by atoms with Crippen LogP contribution in [0.2, 0.25) is 0 Å². The van der Waals surface area contributed by atoms with Crippen LogP contribution in [-0.2, 0) is 11.3 Å². The number of hydrogen-bond acceptors (Lipinski definition) is 4. The third-order valence-electron chi connectivity index (χ3n) is 4.09. The van der Waals surface area contributed by atoms with Gasteiger partial charge in [0.2, 0.25) is 5.91 Å². The van der Waals surface area contributed by atoms with Crippen molar-refractivity contribution in [2.24, 2.45) is 0 Å². The molecule has 2 aromatic rings. The number of aromatic nitrogens is 3. The molecule has 0 atom stereocenters. The van der Waals surface area contributed by atoms with Crippen LogP contribution >= 0.6 is 11.8 Å². The molecule has 1 aromatic carbocycles. The third kappa shape index (κ3) is 4.36. The zero-order valence-electron chi connectivity index (χ0n) is 14.2. The lowest BCUT2D eigenvalue weighted by Gasteiger charge is -2.23. The van der Waals surface area contributed by atoms with E-state index in [4.69, 9.17) is 0 Å². The van der Waals surface area contributed by atoms with E-state index in [1.807, 2.05) is 18.4 Å². The number of hydrogen-bond donors (Lipinski definition) is 0. The quantitative estimate of drug-likeness (QED) is 0.705. The fourth-order valence-electron chi connectivity index (χ4n) is 2.54. The highest BCUT2D eigenvalue weighted by atomic mass is 32.2. The summed E-state index contributed by atoms with van der Waals surface area (Å²) in [5, 5.41) is 8.61. The Kier molecular flexibility index (Phi) is 5.36. The summed E-state index contributed by atoms with van der Waals surface area (Å²) in [6.07, 6.45) is 3.48. The molecule has 0 spiro atoms. The number of halogens is 2. The first-order chi connectivity index (χ1) is 12.0. The zero-order chi connectivity index (χ0) is 18.0. The largest absolute Gasteiger partial charge is 0.335 e. The van der Waals surface area contributed by atoms with Crippen molar-refractivity contribution in [2.45, 2.75) is 50.5 Å². The number of carbonyl (C=O) groups is 1. The maximum Gasteiger partial charge on any atom is 0.233 e. The van der Waals surface area contributed by atoms with Crippen molar-refractivity contribution in [1.82, 2.24) is 19.7 Å². The summed E-state index contributed by atoms with van der Waals surface area (Å²) in [5.74, 6) is -1.10. The van der Waals surface area contributed by atoms with Gasteiger partial charge in [0.25, 0.3) is 0 Å². The minimum atomic E-state index is -0.620. The van der Waals surface area contributed by atoms with Gasteiger partial charge in [-0.15, -0.1) is 10.2 Å². The molecule has 3 rings (SSSR count). The number of amides is 1. The molecule has 1 fully saturated rings. The van der Waals surface area contributed by atoms with Gasteiger partial charge in [0.15, 0.2) is 5.16 Å². The van der Waals surface area contributed by atoms with Gasteiger partial charge in [0.05, 0.1) is 5.75 Å². The molecule has 8 heteroatoms. The lowest BCUT2D eigenvalue weighted by atomic mass is 10.2. The van der Waals surface area contributed by atoms with Crippen LogP contribution in [0.1, 0.15) is 38.3 Å². The van der Waals surface area contributed by atoms with Crippen molar-refractivity contribution < 1.29 is 13.6 Å². The second-order valence-corrected chi connectivity index (χ2v) is 7.33. The number of rotatable bonds is 7. The van der Waals surface area contributed by atoms with E-state index in [1.54, 1.807) is 11.2 Å². The normalized spacial score (nSPS) is 14.1. The lowest BCUT2D eigenvalue weighted by Crippen LogP contribution is -2.34. The van der Waals surface area contributed by atoms with E-state index in [-0.39, 0.29) is 30.3 Å². The molecule has 1 amide bonds. The molecule has 0 aliphatic heterocycles. The fourth-order valence-corrected chi connectivity index (χ4v) is 3.47. The van der Waals surface area contributed by atoms with E-state index in [1.165, 1.54) is 23.9 Å². The summed E-state index contributed by atoms with van der Waals surface area (Å²) in [6, 6.07) is 3.81.